The van der Waals surface area contributed by atoms with Crippen LogP contribution in [0.2, 0.25) is 0 Å². The van der Waals surface area contributed by atoms with E-state index in [-0.39, 0.29) is 11.9 Å². The van der Waals surface area contributed by atoms with Crippen LogP contribution in [-0.4, -0.2) is 44.2 Å². The number of aliphatic imine (C=N–C) groups is 1. The summed E-state index contributed by atoms with van der Waals surface area (Å²) < 4.78 is 4.99. The number of carbonyl (C=O) groups excluding carboxylic acids is 1. The molecule has 0 saturated heterocycles. The van der Waals surface area contributed by atoms with Gasteiger partial charge in [0.15, 0.2) is 0 Å². The average Bonchev–Trinajstić information content (AvgIpc) is 2.35. The van der Waals surface area contributed by atoms with Gasteiger partial charge in [-0.1, -0.05) is 6.92 Å². The molecular formula is C11H25N5O2. The molecule has 0 spiro atoms. The van der Waals surface area contributed by atoms with E-state index in [1.807, 2.05) is 13.8 Å². The molecule has 5 N–H and O–H groups in total. The van der Waals surface area contributed by atoms with Crippen molar-refractivity contribution in [1.29, 1.82) is 0 Å². The third-order valence-electron chi connectivity index (χ3n) is 2.19. The van der Waals surface area contributed by atoms with Gasteiger partial charge in [-0.3, -0.25) is 10.2 Å². The Bertz CT molecular complexity index is 270. The minimum absolute atomic E-state index is 0.0516. The summed E-state index contributed by atoms with van der Waals surface area (Å²) in [6.45, 7) is 6.81. The van der Waals surface area contributed by atoms with Gasteiger partial charge >= 0.3 is 0 Å². The zero-order chi connectivity index (χ0) is 14.0. The van der Waals surface area contributed by atoms with E-state index < -0.39 is 6.04 Å². The molecule has 18 heavy (non-hydrogen) atoms. The van der Waals surface area contributed by atoms with E-state index >= 15 is 0 Å². The van der Waals surface area contributed by atoms with Crippen LogP contribution < -0.4 is 21.9 Å². The smallest absolute Gasteiger partial charge is 0.244 e. The summed E-state index contributed by atoms with van der Waals surface area (Å²) >= 11 is 0. The van der Waals surface area contributed by atoms with Crippen molar-refractivity contribution in [1.82, 2.24) is 16.1 Å². The molecule has 0 bridgehead atoms. The molecule has 2 unspecified atom stereocenters. The second kappa shape index (κ2) is 9.67. The molecule has 1 amide bonds. The highest BCUT2D eigenvalue weighted by molar-refractivity contribution is 5.86. The van der Waals surface area contributed by atoms with E-state index in [1.54, 1.807) is 14.0 Å². The molecule has 2 atom stereocenters. The summed E-state index contributed by atoms with van der Waals surface area (Å²) in [7, 11) is 1.62. The minimum atomic E-state index is -0.496. The van der Waals surface area contributed by atoms with Gasteiger partial charge in [0, 0.05) is 19.7 Å². The normalized spacial score (nSPS) is 14.8. The Kier molecular flexibility index (Phi) is 8.95. The zero-order valence-corrected chi connectivity index (χ0v) is 11.6. The molecule has 0 fully saturated rings. The number of hydrogen-bond acceptors (Lipinski definition) is 4. The summed E-state index contributed by atoms with van der Waals surface area (Å²) in [6, 6.07) is -0.444. The van der Waals surface area contributed by atoms with E-state index in [9.17, 15) is 4.79 Å². The molecule has 7 nitrogen and oxygen atoms in total. The predicted molar refractivity (Wildman–Crippen MR) is 72.0 cm³/mol. The molecule has 0 saturated carbocycles. The number of methoxy groups -OCH3 is 1. The zero-order valence-electron chi connectivity index (χ0n) is 11.6. The van der Waals surface area contributed by atoms with Gasteiger partial charge in [-0.05, 0) is 20.3 Å². The lowest BCUT2D eigenvalue weighted by Gasteiger charge is -2.17. The monoisotopic (exact) mass is 259 g/mol. The van der Waals surface area contributed by atoms with Crippen molar-refractivity contribution in [3.05, 3.63) is 0 Å². The quantitative estimate of drug-likeness (QED) is 0.211. The average molecular weight is 259 g/mol. The Morgan fingerprint density at radius 1 is 1.44 bits per heavy atom. The Hall–Kier alpha value is -1.34. The number of rotatable bonds is 7. The number of nitrogens with two attached hydrogens (primary N) is 1. The molecule has 0 heterocycles. The van der Waals surface area contributed by atoms with Crippen LogP contribution in [0.3, 0.4) is 0 Å². The van der Waals surface area contributed by atoms with Crippen LogP contribution in [-0.2, 0) is 9.53 Å². The first-order valence-electron chi connectivity index (χ1n) is 6.12. The van der Waals surface area contributed by atoms with Crippen molar-refractivity contribution in [3.63, 3.8) is 0 Å². The van der Waals surface area contributed by atoms with Crippen LogP contribution in [0.15, 0.2) is 4.99 Å². The van der Waals surface area contributed by atoms with E-state index in [0.29, 0.717) is 19.1 Å². The summed E-state index contributed by atoms with van der Waals surface area (Å²) in [6.07, 6.45) is 0.896. The summed E-state index contributed by atoms with van der Waals surface area (Å²) in [5, 5.41) is 5.79. The van der Waals surface area contributed by atoms with Crippen LogP contribution in [0.25, 0.3) is 0 Å². The highest BCUT2D eigenvalue weighted by Crippen LogP contribution is 1.91. The van der Waals surface area contributed by atoms with Crippen LogP contribution in [0, 0.1) is 0 Å². The van der Waals surface area contributed by atoms with Gasteiger partial charge in [0.1, 0.15) is 6.04 Å². The maximum atomic E-state index is 11.6. The fourth-order valence-corrected chi connectivity index (χ4v) is 1.29. The Morgan fingerprint density at radius 3 is 2.61 bits per heavy atom. The molecule has 0 aromatic heterocycles. The second-order valence-electron chi connectivity index (χ2n) is 4.09. The maximum Gasteiger partial charge on any atom is 0.244 e. The first-order valence-corrected chi connectivity index (χ1v) is 6.12. The third-order valence-corrected chi connectivity index (χ3v) is 2.19. The standard InChI is InChI=1S/C11H25N5O2/c1-5-6-13-10(17)9(3)15-11(16-12)14-8(2)7-18-4/h8-9H,5-7,12H2,1-4H3,(H,13,17)(H2,14,15,16). The SMILES string of the molecule is CCCNC(=O)C(C)N=C(NN)NC(C)COC. The number of guanidine groups is 1. The van der Waals surface area contributed by atoms with Gasteiger partial charge in [-0.15, -0.1) is 0 Å². The number of nitrogens with one attached hydrogen (secondary N) is 3. The lowest BCUT2D eigenvalue weighted by molar-refractivity contribution is -0.121. The van der Waals surface area contributed by atoms with Gasteiger partial charge in [0.2, 0.25) is 11.9 Å². The van der Waals surface area contributed by atoms with Crippen LogP contribution in [0.1, 0.15) is 27.2 Å². The van der Waals surface area contributed by atoms with Crippen molar-refractivity contribution in [2.45, 2.75) is 39.3 Å². The summed E-state index contributed by atoms with van der Waals surface area (Å²) in [4.78, 5) is 15.8. The topological polar surface area (TPSA) is 101 Å². The molecule has 0 aromatic carbocycles. The van der Waals surface area contributed by atoms with Crippen LogP contribution in [0.4, 0.5) is 0 Å². The van der Waals surface area contributed by atoms with E-state index in [1.165, 1.54) is 0 Å². The van der Waals surface area contributed by atoms with Crippen molar-refractivity contribution < 1.29 is 9.53 Å². The van der Waals surface area contributed by atoms with Crippen LogP contribution in [0.5, 0.6) is 0 Å². The number of nitrogens with zero attached hydrogens (tertiary/aromatic N) is 1. The largest absolute Gasteiger partial charge is 0.383 e. The molecule has 0 radical (unpaired) electrons. The Balaban J connectivity index is 4.34. The number of amides is 1. The van der Waals surface area contributed by atoms with E-state index in [4.69, 9.17) is 10.6 Å². The van der Waals surface area contributed by atoms with E-state index in [2.05, 4.69) is 21.1 Å². The minimum Gasteiger partial charge on any atom is -0.383 e. The summed E-state index contributed by atoms with van der Waals surface area (Å²) in [5.41, 5.74) is 2.44. The second-order valence-corrected chi connectivity index (χ2v) is 4.09. The Morgan fingerprint density at radius 2 is 2.11 bits per heavy atom. The van der Waals surface area contributed by atoms with Crippen molar-refractivity contribution >= 4 is 11.9 Å². The van der Waals surface area contributed by atoms with Crippen molar-refractivity contribution in [2.75, 3.05) is 20.3 Å². The third kappa shape index (κ3) is 7.08. The number of carbonyl (C=O) groups is 1. The fourth-order valence-electron chi connectivity index (χ4n) is 1.29. The molecule has 7 heteroatoms. The molecule has 0 rings (SSSR count). The highest BCUT2D eigenvalue weighted by atomic mass is 16.5. The predicted octanol–water partition coefficient (Wildman–Crippen LogP) is -0.655. The fraction of sp³-hybridized carbons (Fsp3) is 0.818. The number of ether oxygens (including phenoxy) is 1. The number of hydrazine groups is 1. The molecule has 0 aliphatic heterocycles. The van der Waals surface area contributed by atoms with Gasteiger partial charge in [-0.25, -0.2) is 10.8 Å². The van der Waals surface area contributed by atoms with Gasteiger partial charge in [-0.2, -0.15) is 0 Å². The first-order chi connectivity index (χ1) is 8.54. The molecule has 0 aliphatic rings. The molecular weight excluding hydrogens is 234 g/mol. The molecule has 0 aliphatic carbocycles. The van der Waals surface area contributed by atoms with Crippen molar-refractivity contribution in [3.8, 4) is 0 Å². The molecule has 106 valence electrons. The van der Waals surface area contributed by atoms with Crippen molar-refractivity contribution in [2.24, 2.45) is 10.8 Å². The van der Waals surface area contributed by atoms with Crippen LogP contribution >= 0.6 is 0 Å². The first kappa shape index (κ1) is 16.7. The van der Waals surface area contributed by atoms with Gasteiger partial charge in [0.25, 0.3) is 0 Å². The van der Waals surface area contributed by atoms with Gasteiger partial charge in [0.05, 0.1) is 6.61 Å². The lowest BCUT2D eigenvalue weighted by atomic mass is 10.3. The summed E-state index contributed by atoms with van der Waals surface area (Å²) in [5.74, 6) is 5.60. The van der Waals surface area contributed by atoms with Gasteiger partial charge < -0.3 is 15.4 Å². The number of hydrogen-bond donors (Lipinski definition) is 4. The molecule has 0 aromatic rings. The maximum absolute atomic E-state index is 11.6. The van der Waals surface area contributed by atoms with E-state index in [0.717, 1.165) is 6.42 Å². The lowest BCUT2D eigenvalue weighted by Crippen LogP contribution is -2.48. The highest BCUT2D eigenvalue weighted by Gasteiger charge is 2.12. The Labute approximate surface area is 109 Å².